The summed E-state index contributed by atoms with van der Waals surface area (Å²) in [5, 5.41) is 4.98. The van der Waals surface area contributed by atoms with Crippen LogP contribution in [-0.2, 0) is 9.84 Å². The molecular weight excluding hydrogens is 532 g/mol. The molecule has 0 saturated heterocycles. The lowest BCUT2D eigenvalue weighted by Gasteiger charge is -2.12. The molecule has 0 radical (unpaired) electrons. The van der Waals surface area contributed by atoms with Gasteiger partial charge in [0.2, 0.25) is 9.84 Å². The maximum atomic E-state index is 13.7. The van der Waals surface area contributed by atoms with E-state index in [4.69, 9.17) is 0 Å². The van der Waals surface area contributed by atoms with Gasteiger partial charge in [-0.15, -0.1) is 0 Å². The molecule has 1 aliphatic heterocycles. The van der Waals surface area contributed by atoms with Gasteiger partial charge in [0, 0.05) is 16.7 Å². The molecule has 7 aromatic carbocycles. The second-order valence-electron chi connectivity index (χ2n) is 11.1. The van der Waals surface area contributed by atoms with Crippen LogP contribution in [0.5, 0.6) is 0 Å². The molecule has 0 unspecified atom stereocenters. The van der Waals surface area contributed by atoms with Gasteiger partial charge in [0.25, 0.3) is 0 Å². The molecule has 0 spiro atoms. The van der Waals surface area contributed by atoms with Gasteiger partial charge in [0.1, 0.15) is 0 Å². The van der Waals surface area contributed by atoms with Gasteiger partial charge >= 0.3 is 0 Å². The standard InChI is InChI=1S/C39H26O2S/c1-25-15-20-38-37(21-25)36-14-6-13-35(39(36)42(38,40)41)31-11-5-10-29(23-31)27-8-4-9-28(22-27)30-18-19-34-32(24-30)17-16-26-7-2-3-12-33(26)34/h2-24H,1H3. The Hall–Kier alpha value is -4.99. The van der Waals surface area contributed by atoms with Gasteiger partial charge in [-0.3, -0.25) is 0 Å². The van der Waals surface area contributed by atoms with Gasteiger partial charge in [0.05, 0.1) is 9.79 Å². The molecule has 0 bridgehead atoms. The Morgan fingerprint density at radius 3 is 1.86 bits per heavy atom. The van der Waals surface area contributed by atoms with Crippen LogP contribution >= 0.6 is 0 Å². The Morgan fingerprint density at radius 2 is 1.05 bits per heavy atom. The summed E-state index contributed by atoms with van der Waals surface area (Å²) in [5.41, 5.74) is 8.68. The van der Waals surface area contributed by atoms with Crippen molar-refractivity contribution in [3.8, 4) is 44.5 Å². The van der Waals surface area contributed by atoms with Crippen molar-refractivity contribution in [3.63, 3.8) is 0 Å². The second-order valence-corrected chi connectivity index (χ2v) is 12.9. The third kappa shape index (κ3) is 3.82. The predicted molar refractivity (Wildman–Crippen MR) is 173 cm³/mol. The lowest BCUT2D eigenvalue weighted by molar-refractivity contribution is 0.599. The number of benzene rings is 7. The summed E-state index contributed by atoms with van der Waals surface area (Å²) in [6.07, 6.45) is 0. The first-order valence-electron chi connectivity index (χ1n) is 14.1. The average molecular weight is 559 g/mol. The SMILES string of the molecule is Cc1ccc2c(c1)-c1cccc(-c3cccc(-c4cccc(-c5ccc6c(ccc7ccccc76)c5)c4)c3)c1S2(=O)=O. The molecule has 0 aliphatic carbocycles. The number of aryl methyl sites for hydroxylation is 1. The fourth-order valence-electron chi connectivity index (χ4n) is 6.40. The molecule has 0 amide bonds. The third-order valence-corrected chi connectivity index (χ3v) is 10.4. The van der Waals surface area contributed by atoms with Gasteiger partial charge < -0.3 is 0 Å². The minimum Gasteiger partial charge on any atom is -0.218 e. The van der Waals surface area contributed by atoms with Crippen LogP contribution in [0, 0.1) is 6.92 Å². The van der Waals surface area contributed by atoms with E-state index >= 15 is 0 Å². The molecule has 3 heteroatoms. The summed E-state index contributed by atoms with van der Waals surface area (Å²) in [7, 11) is -3.61. The number of hydrogen-bond donors (Lipinski definition) is 0. The fraction of sp³-hybridized carbons (Fsp3) is 0.0256. The van der Waals surface area contributed by atoms with Gasteiger partial charge in [-0.05, 0) is 80.6 Å². The zero-order valence-electron chi connectivity index (χ0n) is 23.0. The highest BCUT2D eigenvalue weighted by atomic mass is 32.2. The Balaban J connectivity index is 1.21. The Morgan fingerprint density at radius 1 is 0.429 bits per heavy atom. The first kappa shape index (κ1) is 24.8. The zero-order valence-corrected chi connectivity index (χ0v) is 23.8. The van der Waals surface area contributed by atoms with Crippen LogP contribution in [0.2, 0.25) is 0 Å². The van der Waals surface area contributed by atoms with E-state index in [9.17, 15) is 8.42 Å². The Labute approximate surface area is 245 Å². The quantitative estimate of drug-likeness (QED) is 0.202. The van der Waals surface area contributed by atoms with Crippen LogP contribution in [-0.4, -0.2) is 8.42 Å². The molecule has 200 valence electrons. The smallest absolute Gasteiger partial charge is 0.208 e. The second kappa shape index (κ2) is 9.27. The van der Waals surface area contributed by atoms with Gasteiger partial charge in [-0.25, -0.2) is 8.42 Å². The third-order valence-electron chi connectivity index (χ3n) is 8.45. The Kier molecular flexibility index (Phi) is 5.47. The molecule has 0 atom stereocenters. The van der Waals surface area contributed by atoms with E-state index in [2.05, 4.69) is 91.0 Å². The molecule has 0 N–H and O–H groups in total. The van der Waals surface area contributed by atoms with E-state index in [-0.39, 0.29) is 0 Å². The first-order valence-corrected chi connectivity index (χ1v) is 15.6. The molecule has 0 saturated carbocycles. The Bertz CT molecular complexity index is 2330. The normalized spacial score (nSPS) is 13.3. The van der Waals surface area contributed by atoms with E-state index in [1.165, 1.54) is 21.5 Å². The molecule has 7 aromatic rings. The predicted octanol–water partition coefficient (Wildman–Crippen LogP) is 10.1. The average Bonchev–Trinajstić information content (AvgIpc) is 3.26. The summed E-state index contributed by atoms with van der Waals surface area (Å²) in [4.78, 5) is 0.794. The number of fused-ring (bicyclic) bond motifs is 6. The highest BCUT2D eigenvalue weighted by Crippen LogP contribution is 2.48. The minimum atomic E-state index is -3.61. The van der Waals surface area contributed by atoms with E-state index in [1.807, 2.05) is 49.4 Å². The summed E-state index contributed by atoms with van der Waals surface area (Å²) in [6.45, 7) is 1.99. The van der Waals surface area contributed by atoms with Crippen molar-refractivity contribution >= 4 is 31.4 Å². The van der Waals surface area contributed by atoms with Crippen molar-refractivity contribution in [2.24, 2.45) is 0 Å². The van der Waals surface area contributed by atoms with Crippen LogP contribution in [0.25, 0.3) is 66.1 Å². The number of sulfone groups is 1. The summed E-state index contributed by atoms with van der Waals surface area (Å²) < 4.78 is 27.4. The summed E-state index contributed by atoms with van der Waals surface area (Å²) in [5.74, 6) is 0. The number of rotatable bonds is 3. The topological polar surface area (TPSA) is 34.1 Å². The van der Waals surface area contributed by atoms with Crippen molar-refractivity contribution in [3.05, 3.63) is 145 Å². The number of hydrogen-bond acceptors (Lipinski definition) is 2. The molecule has 2 nitrogen and oxygen atoms in total. The highest BCUT2D eigenvalue weighted by Gasteiger charge is 2.35. The minimum absolute atomic E-state index is 0.391. The first-order chi connectivity index (χ1) is 20.5. The van der Waals surface area contributed by atoms with Crippen molar-refractivity contribution in [1.29, 1.82) is 0 Å². The highest BCUT2D eigenvalue weighted by molar-refractivity contribution is 7.92. The monoisotopic (exact) mass is 558 g/mol. The van der Waals surface area contributed by atoms with Crippen molar-refractivity contribution in [1.82, 2.24) is 0 Å². The molecular formula is C39H26O2S. The molecule has 8 rings (SSSR count). The summed E-state index contributed by atoms with van der Waals surface area (Å²) >= 11 is 0. The molecule has 42 heavy (non-hydrogen) atoms. The van der Waals surface area contributed by atoms with E-state index in [0.717, 1.165) is 50.1 Å². The lowest BCUT2D eigenvalue weighted by Crippen LogP contribution is -1.99. The summed E-state index contributed by atoms with van der Waals surface area (Å²) in [6, 6.07) is 47.7. The molecule has 0 aromatic heterocycles. The molecule has 0 fully saturated rings. The lowest BCUT2D eigenvalue weighted by atomic mass is 9.93. The van der Waals surface area contributed by atoms with Gasteiger partial charge in [-0.2, -0.15) is 0 Å². The van der Waals surface area contributed by atoms with Crippen LogP contribution in [0.15, 0.2) is 149 Å². The van der Waals surface area contributed by atoms with Gasteiger partial charge in [0.15, 0.2) is 0 Å². The van der Waals surface area contributed by atoms with Crippen LogP contribution in [0.3, 0.4) is 0 Å². The van der Waals surface area contributed by atoms with Crippen LogP contribution in [0.1, 0.15) is 5.56 Å². The van der Waals surface area contributed by atoms with Gasteiger partial charge in [-0.1, -0.05) is 121 Å². The fourth-order valence-corrected chi connectivity index (χ4v) is 8.27. The van der Waals surface area contributed by atoms with Crippen molar-refractivity contribution < 1.29 is 8.42 Å². The molecule has 1 aliphatic rings. The largest absolute Gasteiger partial charge is 0.218 e. The van der Waals surface area contributed by atoms with Crippen molar-refractivity contribution in [2.45, 2.75) is 16.7 Å². The maximum Gasteiger partial charge on any atom is 0.208 e. The van der Waals surface area contributed by atoms with Crippen LogP contribution < -0.4 is 0 Å². The zero-order chi connectivity index (χ0) is 28.4. The van der Waals surface area contributed by atoms with E-state index < -0.39 is 9.84 Å². The van der Waals surface area contributed by atoms with Crippen LogP contribution in [0.4, 0.5) is 0 Å². The van der Waals surface area contributed by atoms with Crippen molar-refractivity contribution in [2.75, 3.05) is 0 Å². The van der Waals surface area contributed by atoms with E-state index in [0.29, 0.717) is 9.79 Å². The van der Waals surface area contributed by atoms with E-state index in [1.54, 1.807) is 6.07 Å². The molecule has 1 heterocycles. The maximum absolute atomic E-state index is 13.7.